The second-order valence-corrected chi connectivity index (χ2v) is 2.24. The topological polar surface area (TPSA) is 32.6 Å². The Morgan fingerprint density at radius 1 is 1.60 bits per heavy atom. The summed E-state index contributed by atoms with van der Waals surface area (Å²) in [6.45, 7) is 7.25. The van der Waals surface area contributed by atoms with Crippen LogP contribution in [0.4, 0.5) is 0 Å². The first-order chi connectivity index (χ1) is 4.63. The third-order valence-electron chi connectivity index (χ3n) is 0.759. The van der Waals surface area contributed by atoms with Crippen LogP contribution in [0.15, 0.2) is 29.5 Å². The monoisotopic (exact) mass is 139 g/mol. The molecule has 1 N–H and O–H groups in total. The van der Waals surface area contributed by atoms with Gasteiger partial charge < -0.3 is 5.11 Å². The molecule has 0 atom stereocenters. The van der Waals surface area contributed by atoms with Crippen molar-refractivity contribution in [2.24, 2.45) is 4.99 Å². The molecule has 0 unspecified atom stereocenters. The molecule has 0 amide bonds. The van der Waals surface area contributed by atoms with E-state index >= 15 is 0 Å². The average Bonchev–Trinajstić information content (AvgIpc) is 1.79. The summed E-state index contributed by atoms with van der Waals surface area (Å²) in [6, 6.07) is 0.302. The molecule has 2 heteroatoms. The van der Waals surface area contributed by atoms with Gasteiger partial charge in [0.1, 0.15) is 5.76 Å². The smallest absolute Gasteiger partial charge is 0.108 e. The van der Waals surface area contributed by atoms with Crippen LogP contribution in [-0.2, 0) is 0 Å². The second-order valence-electron chi connectivity index (χ2n) is 2.24. The lowest BCUT2D eigenvalue weighted by atomic mass is 10.4. The fourth-order valence-corrected chi connectivity index (χ4v) is 0.376. The largest absolute Gasteiger partial charge is 0.509 e. The summed E-state index contributed by atoms with van der Waals surface area (Å²) < 4.78 is 0. The van der Waals surface area contributed by atoms with Gasteiger partial charge in [-0.15, -0.1) is 0 Å². The number of aliphatic imine (C=N–C) groups is 1. The Morgan fingerprint density at radius 2 is 2.20 bits per heavy atom. The van der Waals surface area contributed by atoms with E-state index in [2.05, 4.69) is 11.6 Å². The highest BCUT2D eigenvalue weighted by Crippen LogP contribution is 1.85. The SMILES string of the molecule is C=C(O)/C=C\C=N/C(C)C. The van der Waals surface area contributed by atoms with Crippen LogP contribution in [0.1, 0.15) is 13.8 Å². The Hall–Kier alpha value is -1.05. The fraction of sp³-hybridized carbons (Fsp3) is 0.375. The number of aliphatic hydroxyl groups is 1. The summed E-state index contributed by atoms with van der Waals surface area (Å²) in [7, 11) is 0. The van der Waals surface area contributed by atoms with E-state index in [0.717, 1.165) is 0 Å². The summed E-state index contributed by atoms with van der Waals surface area (Å²) in [6.07, 6.45) is 4.79. The first kappa shape index (κ1) is 8.95. The molecule has 0 heterocycles. The third kappa shape index (κ3) is 6.95. The minimum Gasteiger partial charge on any atom is -0.509 e. The van der Waals surface area contributed by atoms with Gasteiger partial charge in [0.25, 0.3) is 0 Å². The molecule has 0 aromatic rings. The number of nitrogens with zero attached hydrogens (tertiary/aromatic N) is 1. The van der Waals surface area contributed by atoms with Gasteiger partial charge in [-0.05, 0) is 26.0 Å². The molecule has 0 aromatic carbocycles. The van der Waals surface area contributed by atoms with Crippen molar-refractivity contribution in [2.75, 3.05) is 0 Å². The van der Waals surface area contributed by atoms with Gasteiger partial charge in [-0.25, -0.2) is 0 Å². The van der Waals surface area contributed by atoms with Gasteiger partial charge in [0.2, 0.25) is 0 Å². The van der Waals surface area contributed by atoms with E-state index in [1.165, 1.54) is 6.08 Å². The molecule has 0 aliphatic rings. The number of hydrogen-bond acceptors (Lipinski definition) is 2. The second kappa shape index (κ2) is 4.79. The van der Waals surface area contributed by atoms with Gasteiger partial charge in [-0.1, -0.05) is 6.58 Å². The summed E-state index contributed by atoms with van der Waals surface area (Å²) in [5, 5.41) is 8.57. The Kier molecular flexibility index (Phi) is 4.29. The van der Waals surface area contributed by atoms with Crippen molar-refractivity contribution in [3.05, 3.63) is 24.5 Å². The molecule has 56 valence electrons. The number of aliphatic hydroxyl groups excluding tert-OH is 1. The van der Waals surface area contributed by atoms with E-state index < -0.39 is 0 Å². The molecule has 0 saturated carbocycles. The fourth-order valence-electron chi connectivity index (χ4n) is 0.376. The minimum atomic E-state index is 0.0511. The molecular formula is C8H13NO. The predicted molar refractivity (Wildman–Crippen MR) is 44.5 cm³/mol. The highest BCUT2D eigenvalue weighted by atomic mass is 16.3. The van der Waals surface area contributed by atoms with E-state index in [9.17, 15) is 0 Å². The first-order valence-corrected chi connectivity index (χ1v) is 3.20. The van der Waals surface area contributed by atoms with Crippen molar-refractivity contribution in [2.45, 2.75) is 19.9 Å². The van der Waals surface area contributed by atoms with Crippen LogP contribution < -0.4 is 0 Å². The van der Waals surface area contributed by atoms with Gasteiger partial charge >= 0.3 is 0 Å². The normalized spacial score (nSPS) is 11.9. The van der Waals surface area contributed by atoms with Crippen LogP contribution in [-0.4, -0.2) is 17.4 Å². The summed E-state index contributed by atoms with van der Waals surface area (Å²) in [4.78, 5) is 4.03. The van der Waals surface area contributed by atoms with Crippen molar-refractivity contribution in [3.63, 3.8) is 0 Å². The third-order valence-corrected chi connectivity index (χ3v) is 0.759. The van der Waals surface area contributed by atoms with Gasteiger partial charge in [-0.3, -0.25) is 4.99 Å². The lowest BCUT2D eigenvalue weighted by Crippen LogP contribution is -1.86. The van der Waals surface area contributed by atoms with Crippen molar-refractivity contribution in [1.82, 2.24) is 0 Å². The van der Waals surface area contributed by atoms with E-state index in [4.69, 9.17) is 5.11 Å². The van der Waals surface area contributed by atoms with Gasteiger partial charge in [0, 0.05) is 12.3 Å². The molecule has 0 aliphatic heterocycles. The molecule has 0 bridgehead atoms. The van der Waals surface area contributed by atoms with E-state index in [0.29, 0.717) is 6.04 Å². The minimum absolute atomic E-state index is 0.0511. The highest BCUT2D eigenvalue weighted by molar-refractivity contribution is 5.71. The van der Waals surface area contributed by atoms with Crippen molar-refractivity contribution in [1.29, 1.82) is 0 Å². The molecule has 0 aliphatic carbocycles. The maximum absolute atomic E-state index is 8.57. The Bertz CT molecular complexity index is 157. The molecule has 0 rings (SSSR count). The van der Waals surface area contributed by atoms with Crippen LogP contribution >= 0.6 is 0 Å². The van der Waals surface area contributed by atoms with Crippen molar-refractivity contribution < 1.29 is 5.11 Å². The van der Waals surface area contributed by atoms with E-state index in [1.54, 1.807) is 12.3 Å². The highest BCUT2D eigenvalue weighted by Gasteiger charge is 1.79. The lowest BCUT2D eigenvalue weighted by molar-refractivity contribution is 0.435. The standard InChI is InChI=1S/C8H13NO/c1-7(2)9-6-4-5-8(3)10/h4-7,10H,3H2,1-2H3/b5-4-,9-6-. The zero-order valence-electron chi connectivity index (χ0n) is 6.41. The molecule has 0 aromatic heterocycles. The Balaban J connectivity index is 3.62. The molecule has 0 saturated heterocycles. The van der Waals surface area contributed by atoms with Crippen molar-refractivity contribution >= 4 is 6.21 Å². The molecular weight excluding hydrogens is 126 g/mol. The Morgan fingerprint density at radius 3 is 2.60 bits per heavy atom. The van der Waals surface area contributed by atoms with Gasteiger partial charge in [-0.2, -0.15) is 0 Å². The van der Waals surface area contributed by atoms with Crippen LogP contribution in [0.5, 0.6) is 0 Å². The average molecular weight is 139 g/mol. The molecule has 0 spiro atoms. The molecule has 0 radical (unpaired) electrons. The number of rotatable bonds is 3. The van der Waals surface area contributed by atoms with Crippen LogP contribution in [0.25, 0.3) is 0 Å². The maximum atomic E-state index is 8.57. The molecule has 0 fully saturated rings. The maximum Gasteiger partial charge on any atom is 0.108 e. The summed E-state index contributed by atoms with van der Waals surface area (Å²) in [5.41, 5.74) is 0. The van der Waals surface area contributed by atoms with Crippen LogP contribution in [0, 0.1) is 0 Å². The van der Waals surface area contributed by atoms with Crippen LogP contribution in [0.3, 0.4) is 0 Å². The molecule has 10 heavy (non-hydrogen) atoms. The van der Waals surface area contributed by atoms with Gasteiger partial charge in [0.15, 0.2) is 0 Å². The summed E-state index contributed by atoms with van der Waals surface area (Å²) in [5.74, 6) is 0.0511. The van der Waals surface area contributed by atoms with E-state index in [1.807, 2.05) is 13.8 Å². The van der Waals surface area contributed by atoms with E-state index in [-0.39, 0.29) is 5.76 Å². The Labute approximate surface area is 61.6 Å². The van der Waals surface area contributed by atoms with Crippen LogP contribution in [0.2, 0.25) is 0 Å². The quantitative estimate of drug-likeness (QED) is 0.362. The summed E-state index contributed by atoms with van der Waals surface area (Å²) >= 11 is 0. The van der Waals surface area contributed by atoms with Gasteiger partial charge in [0.05, 0.1) is 0 Å². The molecule has 2 nitrogen and oxygen atoms in total. The predicted octanol–water partition coefficient (Wildman–Crippen LogP) is 2.09. The zero-order valence-corrected chi connectivity index (χ0v) is 6.41. The first-order valence-electron chi connectivity index (χ1n) is 3.20. The lowest BCUT2D eigenvalue weighted by Gasteiger charge is -1.89. The number of hydrogen-bond donors (Lipinski definition) is 1. The zero-order chi connectivity index (χ0) is 7.98. The van der Waals surface area contributed by atoms with Crippen molar-refractivity contribution in [3.8, 4) is 0 Å². The number of allylic oxidation sites excluding steroid dienone is 2.